The molecule has 0 radical (unpaired) electrons. The molecule has 1 saturated heterocycles. The van der Waals surface area contributed by atoms with Crippen molar-refractivity contribution < 1.29 is 14.0 Å². The van der Waals surface area contributed by atoms with E-state index in [0.717, 1.165) is 6.42 Å². The molecular formula is C22H20FN3O3S2. The summed E-state index contributed by atoms with van der Waals surface area (Å²) in [4.78, 5) is 45.5. The van der Waals surface area contributed by atoms with Crippen molar-refractivity contribution in [1.82, 2.24) is 14.5 Å². The smallest absolute Gasteiger partial charge is 0.263 e. The highest BCUT2D eigenvalue weighted by Crippen LogP contribution is 2.31. The number of hydrogen-bond donors (Lipinski definition) is 0. The van der Waals surface area contributed by atoms with Gasteiger partial charge < -0.3 is 0 Å². The second kappa shape index (κ2) is 9.15. The number of nitrogens with zero attached hydrogens (tertiary/aromatic N) is 3. The highest BCUT2D eigenvalue weighted by atomic mass is 32.2. The SMILES string of the molecule is C=CCn1c(SC2CCCCN(C(=O)c3ccc(F)cc3)C2=O)nc2sccc2c1=O. The zero-order valence-corrected chi connectivity index (χ0v) is 18.3. The molecule has 6 nitrogen and oxygen atoms in total. The first kappa shape index (κ1) is 21.5. The van der Waals surface area contributed by atoms with Crippen LogP contribution in [0.3, 0.4) is 0 Å². The molecule has 1 fully saturated rings. The van der Waals surface area contributed by atoms with E-state index in [0.29, 0.717) is 34.8 Å². The third kappa shape index (κ3) is 4.33. The fourth-order valence-electron chi connectivity index (χ4n) is 3.50. The molecule has 0 aliphatic carbocycles. The predicted octanol–water partition coefficient (Wildman–Crippen LogP) is 4.10. The van der Waals surface area contributed by atoms with Gasteiger partial charge in [-0.15, -0.1) is 17.9 Å². The molecule has 2 amide bonds. The quantitative estimate of drug-likeness (QED) is 0.328. The molecule has 31 heavy (non-hydrogen) atoms. The fourth-order valence-corrected chi connectivity index (χ4v) is 5.51. The minimum atomic E-state index is -0.549. The highest BCUT2D eigenvalue weighted by molar-refractivity contribution is 8.00. The Morgan fingerprint density at radius 1 is 1.26 bits per heavy atom. The number of halogens is 1. The van der Waals surface area contributed by atoms with Crippen molar-refractivity contribution in [3.8, 4) is 0 Å². The molecule has 4 rings (SSSR count). The molecule has 160 valence electrons. The molecule has 2 aromatic heterocycles. The summed E-state index contributed by atoms with van der Waals surface area (Å²) in [5.41, 5.74) is 0.0936. The van der Waals surface area contributed by atoms with Crippen molar-refractivity contribution in [2.45, 2.75) is 36.2 Å². The van der Waals surface area contributed by atoms with Crippen molar-refractivity contribution in [1.29, 1.82) is 0 Å². The monoisotopic (exact) mass is 457 g/mol. The van der Waals surface area contributed by atoms with Crippen LogP contribution in [0.1, 0.15) is 29.6 Å². The summed E-state index contributed by atoms with van der Waals surface area (Å²) in [5, 5.41) is 2.24. The van der Waals surface area contributed by atoms with Gasteiger partial charge in [-0.05, 0) is 48.6 Å². The summed E-state index contributed by atoms with van der Waals surface area (Å²) in [6, 6.07) is 6.91. The van der Waals surface area contributed by atoms with Crippen molar-refractivity contribution in [3.05, 3.63) is 70.1 Å². The first-order valence-electron chi connectivity index (χ1n) is 9.86. The van der Waals surface area contributed by atoms with E-state index in [4.69, 9.17) is 0 Å². The molecule has 1 aromatic carbocycles. The van der Waals surface area contributed by atoms with Gasteiger partial charge in [0.25, 0.3) is 11.5 Å². The number of likely N-dealkylation sites (tertiary alicyclic amines) is 1. The normalized spacial score (nSPS) is 17.0. The zero-order chi connectivity index (χ0) is 22.0. The molecule has 0 spiro atoms. The zero-order valence-electron chi connectivity index (χ0n) is 16.6. The maximum absolute atomic E-state index is 13.3. The van der Waals surface area contributed by atoms with Crippen LogP contribution in [-0.2, 0) is 11.3 Å². The highest BCUT2D eigenvalue weighted by Gasteiger charge is 2.33. The Morgan fingerprint density at radius 3 is 2.77 bits per heavy atom. The van der Waals surface area contributed by atoms with Crippen LogP contribution in [0.2, 0.25) is 0 Å². The van der Waals surface area contributed by atoms with Gasteiger partial charge in [0.15, 0.2) is 5.16 Å². The summed E-state index contributed by atoms with van der Waals surface area (Å²) in [7, 11) is 0. The van der Waals surface area contributed by atoms with E-state index >= 15 is 0 Å². The van der Waals surface area contributed by atoms with E-state index in [-0.39, 0.29) is 23.6 Å². The second-order valence-corrected chi connectivity index (χ2v) is 9.21. The lowest BCUT2D eigenvalue weighted by molar-refractivity contribution is -0.127. The van der Waals surface area contributed by atoms with Gasteiger partial charge in [-0.25, -0.2) is 9.37 Å². The molecule has 1 aliphatic rings. The van der Waals surface area contributed by atoms with Crippen LogP contribution in [-0.4, -0.2) is 38.1 Å². The van der Waals surface area contributed by atoms with E-state index in [1.165, 1.54) is 56.8 Å². The molecule has 1 atom stereocenters. The van der Waals surface area contributed by atoms with Gasteiger partial charge in [-0.1, -0.05) is 24.3 Å². The topological polar surface area (TPSA) is 72.3 Å². The Labute approximate surface area is 186 Å². The summed E-state index contributed by atoms with van der Waals surface area (Å²) in [5.74, 6) is -1.20. The van der Waals surface area contributed by atoms with Crippen LogP contribution in [0.4, 0.5) is 4.39 Å². The van der Waals surface area contributed by atoms with Gasteiger partial charge in [-0.3, -0.25) is 23.9 Å². The Morgan fingerprint density at radius 2 is 2.03 bits per heavy atom. The Kier molecular flexibility index (Phi) is 6.33. The van der Waals surface area contributed by atoms with Gasteiger partial charge in [0.1, 0.15) is 10.6 Å². The number of aromatic nitrogens is 2. The number of hydrogen-bond acceptors (Lipinski definition) is 6. The van der Waals surface area contributed by atoms with Gasteiger partial charge in [0.05, 0.1) is 10.6 Å². The number of allylic oxidation sites excluding steroid dienone is 1. The second-order valence-electron chi connectivity index (χ2n) is 7.14. The lowest BCUT2D eigenvalue weighted by Gasteiger charge is -2.23. The number of benzene rings is 1. The molecule has 1 unspecified atom stereocenters. The van der Waals surface area contributed by atoms with Gasteiger partial charge in [-0.2, -0.15) is 0 Å². The minimum absolute atomic E-state index is 0.172. The van der Waals surface area contributed by atoms with E-state index in [9.17, 15) is 18.8 Å². The molecule has 0 saturated carbocycles. The van der Waals surface area contributed by atoms with Gasteiger partial charge in [0.2, 0.25) is 5.91 Å². The molecule has 3 heterocycles. The molecule has 3 aromatic rings. The summed E-state index contributed by atoms with van der Waals surface area (Å²) >= 11 is 2.58. The van der Waals surface area contributed by atoms with E-state index < -0.39 is 17.0 Å². The number of fused-ring (bicyclic) bond motifs is 1. The number of thioether (sulfide) groups is 1. The first-order chi connectivity index (χ1) is 15.0. The third-order valence-electron chi connectivity index (χ3n) is 5.08. The Hall–Kier alpha value is -2.78. The largest absolute Gasteiger partial charge is 0.283 e. The summed E-state index contributed by atoms with van der Waals surface area (Å²) in [6.07, 6.45) is 3.64. The number of carbonyl (C=O) groups is 2. The van der Waals surface area contributed by atoms with E-state index in [1.807, 2.05) is 5.38 Å². The number of thiophene rings is 1. The van der Waals surface area contributed by atoms with Crippen LogP contribution in [0, 0.1) is 5.82 Å². The molecular weight excluding hydrogens is 437 g/mol. The Bertz CT molecular complexity index is 1200. The molecule has 1 aliphatic heterocycles. The van der Waals surface area contributed by atoms with Crippen LogP contribution in [0.15, 0.2) is 58.3 Å². The number of rotatable bonds is 5. The van der Waals surface area contributed by atoms with Crippen LogP contribution in [0.25, 0.3) is 10.2 Å². The van der Waals surface area contributed by atoms with E-state index in [2.05, 4.69) is 11.6 Å². The molecule has 0 N–H and O–H groups in total. The average molecular weight is 458 g/mol. The minimum Gasteiger partial charge on any atom is -0.283 e. The molecule has 0 bridgehead atoms. The van der Waals surface area contributed by atoms with Crippen molar-refractivity contribution in [3.63, 3.8) is 0 Å². The lowest BCUT2D eigenvalue weighted by atomic mass is 10.2. The lowest BCUT2D eigenvalue weighted by Crippen LogP contribution is -2.41. The van der Waals surface area contributed by atoms with Gasteiger partial charge in [0, 0.05) is 18.7 Å². The molecule has 9 heteroatoms. The average Bonchev–Trinajstić information content (AvgIpc) is 3.16. The maximum Gasteiger partial charge on any atom is 0.263 e. The summed E-state index contributed by atoms with van der Waals surface area (Å²) < 4.78 is 14.7. The number of imide groups is 1. The maximum atomic E-state index is 13.3. The van der Waals surface area contributed by atoms with E-state index in [1.54, 1.807) is 12.1 Å². The van der Waals surface area contributed by atoms with Crippen LogP contribution >= 0.6 is 23.1 Å². The predicted molar refractivity (Wildman–Crippen MR) is 120 cm³/mol. The fraction of sp³-hybridized carbons (Fsp3) is 0.273. The summed E-state index contributed by atoms with van der Waals surface area (Å²) in [6.45, 7) is 4.30. The number of amides is 2. The standard InChI is InChI=1S/C22H20FN3O3S2/c1-2-11-26-20(28)16-10-13-30-18(16)24-22(26)31-17-5-3-4-12-25(21(17)29)19(27)14-6-8-15(23)9-7-14/h2,6-10,13,17H,1,3-5,11-12H2. The van der Waals surface area contributed by atoms with Crippen LogP contribution in [0.5, 0.6) is 0 Å². The van der Waals surface area contributed by atoms with Crippen molar-refractivity contribution in [2.75, 3.05) is 6.54 Å². The Balaban J connectivity index is 1.65. The van der Waals surface area contributed by atoms with Crippen molar-refractivity contribution in [2.24, 2.45) is 0 Å². The number of carbonyl (C=O) groups excluding carboxylic acids is 2. The first-order valence-corrected chi connectivity index (χ1v) is 11.6. The third-order valence-corrected chi connectivity index (χ3v) is 7.13. The van der Waals surface area contributed by atoms with Crippen LogP contribution < -0.4 is 5.56 Å². The van der Waals surface area contributed by atoms with Crippen molar-refractivity contribution >= 4 is 45.1 Å². The van der Waals surface area contributed by atoms with Gasteiger partial charge >= 0.3 is 0 Å².